The molecule has 0 saturated carbocycles. The lowest BCUT2D eigenvalue weighted by Crippen LogP contribution is -2.05. The number of esters is 1. The minimum Gasteiger partial charge on any atom is -0.493 e. The summed E-state index contributed by atoms with van der Waals surface area (Å²) in [4.78, 5) is 16.6. The van der Waals surface area contributed by atoms with Crippen LogP contribution in [-0.2, 0) is 16.1 Å². The molecule has 0 aliphatic carbocycles. The molecule has 5 nitrogen and oxygen atoms in total. The lowest BCUT2D eigenvalue weighted by Gasteiger charge is -2.14. The number of ether oxygens (including phenoxy) is 3. The van der Waals surface area contributed by atoms with Crippen molar-refractivity contribution in [3.8, 4) is 11.5 Å². The van der Waals surface area contributed by atoms with E-state index in [2.05, 4.69) is 27.6 Å². The number of benzene rings is 3. The highest BCUT2D eigenvalue weighted by molar-refractivity contribution is 14.1. The van der Waals surface area contributed by atoms with Crippen LogP contribution in [0.4, 0.5) is 4.39 Å². The van der Waals surface area contributed by atoms with E-state index in [1.54, 1.807) is 48.5 Å². The average molecular weight is 564 g/mol. The molecule has 3 aromatic carbocycles. The van der Waals surface area contributed by atoms with Gasteiger partial charge in [0.05, 0.1) is 21.3 Å². The van der Waals surface area contributed by atoms with Crippen molar-refractivity contribution in [2.45, 2.75) is 6.61 Å². The van der Waals surface area contributed by atoms with E-state index in [-0.39, 0.29) is 24.0 Å². The Kier molecular flexibility index (Phi) is 6.76. The summed E-state index contributed by atoms with van der Waals surface area (Å²) in [6.07, 6.45) is 1.61. The van der Waals surface area contributed by atoms with E-state index in [0.717, 1.165) is 9.13 Å². The van der Waals surface area contributed by atoms with E-state index in [0.29, 0.717) is 27.6 Å². The van der Waals surface area contributed by atoms with Crippen molar-refractivity contribution in [3.63, 3.8) is 0 Å². The Bertz CT molecular complexity index is 1240. The third-order valence-corrected chi connectivity index (χ3v) is 5.71. The first-order chi connectivity index (χ1) is 15.4. The first-order valence-electron chi connectivity index (χ1n) is 9.47. The van der Waals surface area contributed by atoms with E-state index in [9.17, 15) is 9.18 Å². The van der Waals surface area contributed by atoms with Crippen LogP contribution in [0, 0.1) is 9.39 Å². The normalized spacial score (nSPS) is 14.3. The maximum atomic E-state index is 13.1. The molecule has 0 atom stereocenters. The number of rotatable bonds is 6. The fourth-order valence-electron chi connectivity index (χ4n) is 3.02. The molecule has 0 radical (unpaired) electrons. The first-order valence-corrected chi connectivity index (χ1v) is 10.9. The van der Waals surface area contributed by atoms with Gasteiger partial charge in [0.1, 0.15) is 12.4 Å². The highest BCUT2D eigenvalue weighted by atomic mass is 127. The monoisotopic (exact) mass is 563 g/mol. The molecule has 0 N–H and O–H groups in total. The summed E-state index contributed by atoms with van der Waals surface area (Å²) in [5, 5.41) is 0.444. The molecule has 0 saturated heterocycles. The molecular weight excluding hydrogens is 548 g/mol. The molecule has 4 rings (SSSR count). The Morgan fingerprint density at radius 1 is 1.16 bits per heavy atom. The minimum absolute atomic E-state index is 0.151. The molecule has 0 amide bonds. The van der Waals surface area contributed by atoms with Gasteiger partial charge >= 0.3 is 5.97 Å². The highest BCUT2D eigenvalue weighted by Crippen LogP contribution is 2.35. The van der Waals surface area contributed by atoms with Gasteiger partial charge in [-0.05, 0) is 76.2 Å². The number of carbonyl (C=O) groups excluding carboxylic acids is 1. The van der Waals surface area contributed by atoms with E-state index >= 15 is 0 Å². The molecule has 1 heterocycles. The summed E-state index contributed by atoms with van der Waals surface area (Å²) in [6, 6.07) is 16.7. The van der Waals surface area contributed by atoms with Crippen molar-refractivity contribution in [3.05, 3.63) is 97.5 Å². The van der Waals surface area contributed by atoms with Crippen LogP contribution in [-0.4, -0.2) is 19.0 Å². The molecule has 0 aromatic heterocycles. The molecular formula is C24H16ClFINO4. The number of nitrogens with zero attached hydrogens (tertiary/aromatic N) is 1. The Labute approximate surface area is 202 Å². The molecule has 8 heteroatoms. The zero-order valence-electron chi connectivity index (χ0n) is 16.8. The lowest BCUT2D eigenvalue weighted by molar-refractivity contribution is -0.129. The smallest absolute Gasteiger partial charge is 0.363 e. The number of hydrogen-bond acceptors (Lipinski definition) is 5. The maximum Gasteiger partial charge on any atom is 0.363 e. The van der Waals surface area contributed by atoms with E-state index in [1.165, 1.54) is 19.2 Å². The van der Waals surface area contributed by atoms with Crippen LogP contribution in [0.25, 0.3) is 6.08 Å². The fraction of sp³-hybridized carbons (Fsp3) is 0.0833. The summed E-state index contributed by atoms with van der Waals surface area (Å²) in [6.45, 7) is 0.255. The molecule has 0 bridgehead atoms. The molecule has 0 fully saturated rings. The Morgan fingerprint density at radius 3 is 2.62 bits per heavy atom. The zero-order valence-corrected chi connectivity index (χ0v) is 19.7. The second-order valence-corrected chi connectivity index (χ2v) is 8.33. The summed E-state index contributed by atoms with van der Waals surface area (Å²) >= 11 is 8.31. The van der Waals surface area contributed by atoms with Crippen LogP contribution >= 0.6 is 34.2 Å². The Balaban J connectivity index is 1.59. The van der Waals surface area contributed by atoms with Crippen LogP contribution < -0.4 is 9.47 Å². The summed E-state index contributed by atoms with van der Waals surface area (Å²) in [5.74, 6) is 0.337. The van der Waals surface area contributed by atoms with Crippen molar-refractivity contribution in [1.29, 1.82) is 0 Å². The predicted octanol–water partition coefficient (Wildman–Crippen LogP) is 6.02. The van der Waals surface area contributed by atoms with Crippen molar-refractivity contribution >= 4 is 52.1 Å². The number of carbonyl (C=O) groups is 1. The van der Waals surface area contributed by atoms with Crippen molar-refractivity contribution in [2.24, 2.45) is 4.99 Å². The molecule has 0 spiro atoms. The largest absolute Gasteiger partial charge is 0.493 e. The molecule has 1 aliphatic heterocycles. The van der Waals surface area contributed by atoms with Gasteiger partial charge in [-0.3, -0.25) is 0 Å². The number of cyclic esters (lactones) is 1. The quantitative estimate of drug-likeness (QED) is 0.209. The van der Waals surface area contributed by atoms with Crippen molar-refractivity contribution in [1.82, 2.24) is 0 Å². The van der Waals surface area contributed by atoms with Crippen LogP contribution in [0.2, 0.25) is 5.02 Å². The third kappa shape index (κ3) is 4.94. The van der Waals surface area contributed by atoms with E-state index < -0.39 is 5.97 Å². The van der Waals surface area contributed by atoms with Gasteiger partial charge in [-0.15, -0.1) is 0 Å². The molecule has 0 unspecified atom stereocenters. The van der Waals surface area contributed by atoms with Crippen LogP contribution in [0.15, 0.2) is 71.4 Å². The van der Waals surface area contributed by atoms with Gasteiger partial charge in [0.15, 0.2) is 17.2 Å². The van der Waals surface area contributed by atoms with Crippen LogP contribution in [0.3, 0.4) is 0 Å². The minimum atomic E-state index is -0.564. The van der Waals surface area contributed by atoms with Crippen LogP contribution in [0.1, 0.15) is 16.7 Å². The van der Waals surface area contributed by atoms with Gasteiger partial charge in [0.2, 0.25) is 5.90 Å². The first kappa shape index (κ1) is 22.3. The van der Waals surface area contributed by atoms with Crippen molar-refractivity contribution in [2.75, 3.05) is 7.11 Å². The van der Waals surface area contributed by atoms with Gasteiger partial charge < -0.3 is 14.2 Å². The number of methoxy groups -OCH3 is 1. The van der Waals surface area contributed by atoms with E-state index in [1.807, 2.05) is 6.07 Å². The predicted molar refractivity (Wildman–Crippen MR) is 129 cm³/mol. The average Bonchev–Trinajstić information content (AvgIpc) is 3.14. The Morgan fingerprint density at radius 2 is 1.91 bits per heavy atom. The van der Waals surface area contributed by atoms with Crippen molar-refractivity contribution < 1.29 is 23.4 Å². The SMILES string of the molecule is COc1cc(/C=C2\N=C(c3ccccc3Cl)OC2=O)cc(I)c1OCc1ccc(F)cc1. The fourth-order valence-corrected chi connectivity index (χ4v) is 4.01. The summed E-state index contributed by atoms with van der Waals surface area (Å²) in [7, 11) is 1.53. The highest BCUT2D eigenvalue weighted by Gasteiger charge is 2.25. The van der Waals surface area contributed by atoms with Gasteiger partial charge in [-0.25, -0.2) is 14.2 Å². The molecule has 3 aromatic rings. The second-order valence-electron chi connectivity index (χ2n) is 6.77. The summed E-state index contributed by atoms with van der Waals surface area (Å²) < 4.78 is 30.6. The van der Waals surface area contributed by atoms with E-state index in [4.69, 9.17) is 25.8 Å². The number of aliphatic imine (C=N–C) groups is 1. The standard InChI is InChI=1S/C24H16ClFINO4/c1-30-21-12-15(10-19(27)22(21)31-13-14-6-8-16(26)9-7-14)11-20-24(29)32-23(28-20)17-4-2-3-5-18(17)25/h2-12H,13H2,1H3/b20-11-. The second kappa shape index (κ2) is 9.70. The molecule has 1 aliphatic rings. The van der Waals surface area contributed by atoms with Crippen LogP contribution in [0.5, 0.6) is 11.5 Å². The van der Waals surface area contributed by atoms with Gasteiger partial charge in [-0.2, -0.15) is 0 Å². The van der Waals surface area contributed by atoms with Gasteiger partial charge in [0, 0.05) is 0 Å². The number of halogens is 3. The molecule has 162 valence electrons. The maximum absolute atomic E-state index is 13.1. The molecule has 32 heavy (non-hydrogen) atoms. The zero-order chi connectivity index (χ0) is 22.7. The summed E-state index contributed by atoms with van der Waals surface area (Å²) in [5.41, 5.74) is 2.21. The number of hydrogen-bond donors (Lipinski definition) is 0. The third-order valence-electron chi connectivity index (χ3n) is 4.58. The lowest BCUT2D eigenvalue weighted by atomic mass is 10.1. The van der Waals surface area contributed by atoms with Gasteiger partial charge in [-0.1, -0.05) is 35.9 Å². The topological polar surface area (TPSA) is 57.1 Å². The Hall–Kier alpha value is -2.91. The van der Waals surface area contributed by atoms with Gasteiger partial charge in [0.25, 0.3) is 0 Å².